The van der Waals surface area contributed by atoms with Crippen LogP contribution in [0.5, 0.6) is 5.75 Å². The van der Waals surface area contributed by atoms with Crippen molar-refractivity contribution in [3.63, 3.8) is 0 Å². The molecule has 1 saturated heterocycles. The molecule has 8 heteroatoms. The van der Waals surface area contributed by atoms with Crippen LogP contribution in [0.3, 0.4) is 0 Å². The Hall–Kier alpha value is -2.84. The smallest absolute Gasteiger partial charge is 0.295 e. The lowest BCUT2D eigenvalue weighted by Gasteiger charge is -2.29. The second-order valence-corrected chi connectivity index (χ2v) is 8.47. The van der Waals surface area contributed by atoms with E-state index in [1.807, 2.05) is 61.3 Å². The van der Waals surface area contributed by atoms with Gasteiger partial charge in [-0.3, -0.25) is 4.79 Å². The van der Waals surface area contributed by atoms with Gasteiger partial charge in [0, 0.05) is 42.4 Å². The fourth-order valence-electron chi connectivity index (χ4n) is 3.69. The zero-order chi connectivity index (χ0) is 22.7. The molecule has 0 unspecified atom stereocenters. The lowest BCUT2D eigenvalue weighted by Crippen LogP contribution is -2.36. The maximum atomic E-state index is 13.5. The van der Waals surface area contributed by atoms with Crippen molar-refractivity contribution in [3.05, 3.63) is 63.4 Å². The van der Waals surface area contributed by atoms with Crippen molar-refractivity contribution in [2.45, 2.75) is 6.92 Å². The van der Waals surface area contributed by atoms with Gasteiger partial charge in [0.2, 0.25) is 0 Å². The number of morpholine rings is 1. The van der Waals surface area contributed by atoms with Gasteiger partial charge in [-0.05, 0) is 59.3 Å². The van der Waals surface area contributed by atoms with Crippen molar-refractivity contribution in [1.29, 1.82) is 0 Å². The van der Waals surface area contributed by atoms with Gasteiger partial charge in [-0.15, -0.1) is 0 Å². The standard InChI is InChI=1S/C24H27BrN4O3/c1-4-27(2)23-16-21(17-6-5-7-19(14-17)31-3)26-29(24(23)30)22-15-18(8-9-20(22)25)28-10-12-32-13-11-28/h5-9,14-16H,4,10-13H2,1-3H3. The first-order chi connectivity index (χ1) is 15.5. The largest absolute Gasteiger partial charge is 0.497 e. The summed E-state index contributed by atoms with van der Waals surface area (Å²) in [6.07, 6.45) is 0. The summed E-state index contributed by atoms with van der Waals surface area (Å²) < 4.78 is 13.2. The van der Waals surface area contributed by atoms with Gasteiger partial charge < -0.3 is 19.3 Å². The highest BCUT2D eigenvalue weighted by molar-refractivity contribution is 9.10. The molecule has 0 radical (unpaired) electrons. The van der Waals surface area contributed by atoms with Crippen LogP contribution in [0.1, 0.15) is 6.92 Å². The maximum Gasteiger partial charge on any atom is 0.295 e. The van der Waals surface area contributed by atoms with Crippen LogP contribution < -0.4 is 20.1 Å². The number of benzene rings is 2. The Morgan fingerprint density at radius 1 is 1.16 bits per heavy atom. The van der Waals surface area contributed by atoms with Crippen molar-refractivity contribution in [1.82, 2.24) is 9.78 Å². The van der Waals surface area contributed by atoms with Crippen LogP contribution in [0.15, 0.2) is 57.8 Å². The zero-order valence-electron chi connectivity index (χ0n) is 18.5. The van der Waals surface area contributed by atoms with Crippen LogP contribution in [0.25, 0.3) is 16.9 Å². The van der Waals surface area contributed by atoms with E-state index < -0.39 is 0 Å². The molecule has 0 atom stereocenters. The molecule has 2 aromatic carbocycles. The number of hydrogen-bond donors (Lipinski definition) is 0. The van der Waals surface area contributed by atoms with E-state index in [0.29, 0.717) is 36.8 Å². The molecular weight excluding hydrogens is 472 g/mol. The van der Waals surface area contributed by atoms with Crippen molar-refractivity contribution < 1.29 is 9.47 Å². The fourth-order valence-corrected chi connectivity index (χ4v) is 4.11. The second kappa shape index (κ2) is 9.75. The van der Waals surface area contributed by atoms with E-state index in [1.165, 1.54) is 4.68 Å². The van der Waals surface area contributed by atoms with Crippen LogP contribution in [-0.4, -0.2) is 56.8 Å². The monoisotopic (exact) mass is 498 g/mol. The van der Waals surface area contributed by atoms with Crippen molar-refractivity contribution >= 4 is 27.3 Å². The van der Waals surface area contributed by atoms with E-state index in [9.17, 15) is 4.79 Å². The minimum Gasteiger partial charge on any atom is -0.497 e. The third kappa shape index (κ3) is 4.52. The molecule has 1 fully saturated rings. The van der Waals surface area contributed by atoms with Gasteiger partial charge >= 0.3 is 0 Å². The van der Waals surface area contributed by atoms with E-state index in [1.54, 1.807) is 7.11 Å². The number of hydrogen-bond acceptors (Lipinski definition) is 6. The van der Waals surface area contributed by atoms with Gasteiger partial charge in [-0.2, -0.15) is 9.78 Å². The first-order valence-electron chi connectivity index (χ1n) is 10.6. The van der Waals surface area contributed by atoms with E-state index in [2.05, 4.69) is 26.9 Å². The number of anilines is 2. The predicted octanol–water partition coefficient (Wildman–Crippen LogP) is 3.96. The Bertz CT molecular complexity index is 1160. The molecule has 0 N–H and O–H groups in total. The third-order valence-corrected chi connectivity index (χ3v) is 6.35. The molecule has 1 aliphatic rings. The highest BCUT2D eigenvalue weighted by Crippen LogP contribution is 2.29. The lowest BCUT2D eigenvalue weighted by atomic mass is 10.1. The summed E-state index contributed by atoms with van der Waals surface area (Å²) in [6, 6.07) is 15.6. The SMILES string of the molecule is CCN(C)c1cc(-c2cccc(OC)c2)nn(-c2cc(N3CCOCC3)ccc2Br)c1=O. The molecule has 0 bridgehead atoms. The Morgan fingerprint density at radius 2 is 1.94 bits per heavy atom. The molecule has 168 valence electrons. The molecule has 0 amide bonds. The normalized spacial score (nSPS) is 13.8. The predicted molar refractivity (Wildman–Crippen MR) is 131 cm³/mol. The van der Waals surface area contributed by atoms with Crippen LogP contribution in [0.4, 0.5) is 11.4 Å². The Labute approximate surface area is 196 Å². The van der Waals surface area contributed by atoms with E-state index in [0.717, 1.165) is 34.6 Å². The summed E-state index contributed by atoms with van der Waals surface area (Å²) in [5.74, 6) is 0.739. The molecule has 0 spiro atoms. The van der Waals surface area contributed by atoms with Gasteiger partial charge in [0.05, 0.1) is 31.7 Å². The van der Waals surface area contributed by atoms with Crippen molar-refractivity contribution in [3.8, 4) is 22.7 Å². The number of nitrogens with zero attached hydrogens (tertiary/aromatic N) is 4. The van der Waals surface area contributed by atoms with Gasteiger partial charge in [-0.25, -0.2) is 0 Å². The Balaban J connectivity index is 1.89. The first-order valence-corrected chi connectivity index (χ1v) is 11.4. The third-order valence-electron chi connectivity index (χ3n) is 5.68. The van der Waals surface area contributed by atoms with E-state index in [-0.39, 0.29) is 5.56 Å². The number of rotatable bonds is 6. The number of methoxy groups -OCH3 is 1. The minimum atomic E-state index is -0.166. The fraction of sp³-hybridized carbons (Fsp3) is 0.333. The quantitative estimate of drug-likeness (QED) is 0.512. The topological polar surface area (TPSA) is 59.8 Å². The maximum absolute atomic E-state index is 13.5. The van der Waals surface area contributed by atoms with Gasteiger partial charge in [0.1, 0.15) is 11.4 Å². The summed E-state index contributed by atoms with van der Waals surface area (Å²) in [7, 11) is 3.55. The average Bonchev–Trinajstić information content (AvgIpc) is 2.84. The Kier molecular flexibility index (Phi) is 6.81. The highest BCUT2D eigenvalue weighted by atomic mass is 79.9. The van der Waals surface area contributed by atoms with Crippen LogP contribution in [0.2, 0.25) is 0 Å². The molecule has 2 heterocycles. The minimum absolute atomic E-state index is 0.166. The molecule has 0 aliphatic carbocycles. The molecular formula is C24H27BrN4O3. The molecule has 32 heavy (non-hydrogen) atoms. The van der Waals surface area contributed by atoms with E-state index >= 15 is 0 Å². The molecule has 3 aromatic rings. The summed E-state index contributed by atoms with van der Waals surface area (Å²) in [4.78, 5) is 17.7. The van der Waals surface area contributed by atoms with Crippen LogP contribution in [-0.2, 0) is 4.74 Å². The van der Waals surface area contributed by atoms with Crippen LogP contribution >= 0.6 is 15.9 Å². The molecule has 1 aromatic heterocycles. The summed E-state index contributed by atoms with van der Waals surface area (Å²) >= 11 is 3.63. The number of halogens is 1. The summed E-state index contributed by atoms with van der Waals surface area (Å²) in [5.41, 5.74) is 3.74. The molecule has 7 nitrogen and oxygen atoms in total. The summed E-state index contributed by atoms with van der Waals surface area (Å²) in [5, 5.41) is 4.76. The number of ether oxygens (including phenoxy) is 2. The van der Waals surface area contributed by atoms with Crippen molar-refractivity contribution in [2.24, 2.45) is 0 Å². The molecule has 0 saturated carbocycles. The first kappa shape index (κ1) is 22.4. The molecule has 4 rings (SSSR count). The molecule has 1 aliphatic heterocycles. The lowest BCUT2D eigenvalue weighted by molar-refractivity contribution is 0.122. The summed E-state index contributed by atoms with van der Waals surface area (Å²) in [6.45, 7) is 5.74. The van der Waals surface area contributed by atoms with Gasteiger partial charge in [-0.1, -0.05) is 12.1 Å². The average molecular weight is 499 g/mol. The second-order valence-electron chi connectivity index (χ2n) is 7.61. The zero-order valence-corrected chi connectivity index (χ0v) is 20.1. The van der Waals surface area contributed by atoms with E-state index in [4.69, 9.17) is 14.6 Å². The number of aromatic nitrogens is 2. The highest BCUT2D eigenvalue weighted by Gasteiger charge is 2.18. The Morgan fingerprint density at radius 3 is 2.66 bits per heavy atom. The van der Waals surface area contributed by atoms with Gasteiger partial charge in [0.25, 0.3) is 5.56 Å². The van der Waals surface area contributed by atoms with Crippen LogP contribution in [0, 0.1) is 0 Å². The van der Waals surface area contributed by atoms with Crippen molar-refractivity contribution in [2.75, 3.05) is 56.8 Å². The van der Waals surface area contributed by atoms with Gasteiger partial charge in [0.15, 0.2) is 0 Å².